The van der Waals surface area contributed by atoms with Gasteiger partial charge in [-0.05, 0) is 25.7 Å². The topological polar surface area (TPSA) is 79.2 Å². The molecule has 0 radical (unpaired) electrons. The highest BCUT2D eigenvalue weighted by Crippen LogP contribution is 2.22. The quantitative estimate of drug-likeness (QED) is 0.714. The molecule has 2 saturated heterocycles. The minimum absolute atomic E-state index is 0.0519. The molecule has 2 aliphatic rings. The Hall–Kier alpha value is -0.690. The van der Waals surface area contributed by atoms with Crippen molar-refractivity contribution in [3.05, 3.63) is 0 Å². The SMILES string of the molecule is O=C(O)C1CCC(CN2CCC(OCCO)CC2)O1. The normalized spacial score (nSPS) is 29.7. The first-order chi connectivity index (χ1) is 9.19. The summed E-state index contributed by atoms with van der Waals surface area (Å²) in [5.41, 5.74) is 0. The van der Waals surface area contributed by atoms with Crippen LogP contribution < -0.4 is 0 Å². The molecule has 2 unspecified atom stereocenters. The average Bonchev–Trinajstić information content (AvgIpc) is 2.87. The number of carboxylic acid groups (broad SMARTS) is 1. The van der Waals surface area contributed by atoms with Gasteiger partial charge in [-0.25, -0.2) is 4.79 Å². The molecule has 2 fully saturated rings. The number of aliphatic hydroxyl groups excluding tert-OH is 1. The molecule has 2 aliphatic heterocycles. The van der Waals surface area contributed by atoms with E-state index in [1.54, 1.807) is 0 Å². The molecule has 0 aromatic rings. The van der Waals surface area contributed by atoms with Gasteiger partial charge in [-0.15, -0.1) is 0 Å². The maximum atomic E-state index is 10.8. The van der Waals surface area contributed by atoms with Gasteiger partial charge in [0, 0.05) is 19.6 Å². The highest BCUT2D eigenvalue weighted by atomic mass is 16.5. The van der Waals surface area contributed by atoms with E-state index in [9.17, 15) is 4.79 Å². The van der Waals surface area contributed by atoms with Gasteiger partial charge in [0.2, 0.25) is 0 Å². The van der Waals surface area contributed by atoms with Crippen LogP contribution in [0.4, 0.5) is 0 Å². The number of piperidine rings is 1. The van der Waals surface area contributed by atoms with Crippen LogP contribution in [0.1, 0.15) is 25.7 Å². The van der Waals surface area contributed by atoms with Crippen LogP contribution in [-0.2, 0) is 14.3 Å². The summed E-state index contributed by atoms with van der Waals surface area (Å²) < 4.78 is 11.0. The van der Waals surface area contributed by atoms with Crippen molar-refractivity contribution in [1.29, 1.82) is 0 Å². The summed E-state index contributed by atoms with van der Waals surface area (Å²) in [7, 11) is 0. The van der Waals surface area contributed by atoms with E-state index in [4.69, 9.17) is 19.7 Å². The molecular formula is C13H23NO5. The molecule has 0 aromatic carbocycles. The van der Waals surface area contributed by atoms with Crippen molar-refractivity contribution in [1.82, 2.24) is 4.90 Å². The third kappa shape index (κ3) is 4.42. The van der Waals surface area contributed by atoms with Crippen LogP contribution in [0.2, 0.25) is 0 Å². The summed E-state index contributed by atoms with van der Waals surface area (Å²) in [6.07, 6.45) is 3.07. The molecular weight excluding hydrogens is 250 g/mol. The summed E-state index contributed by atoms with van der Waals surface area (Å²) in [5, 5.41) is 17.6. The van der Waals surface area contributed by atoms with E-state index in [1.807, 2.05) is 0 Å². The number of nitrogens with zero attached hydrogens (tertiary/aromatic N) is 1. The molecule has 0 amide bonds. The fraction of sp³-hybridized carbons (Fsp3) is 0.923. The monoisotopic (exact) mass is 273 g/mol. The fourth-order valence-corrected chi connectivity index (χ4v) is 2.79. The lowest BCUT2D eigenvalue weighted by atomic mass is 10.1. The molecule has 0 spiro atoms. The molecule has 6 heteroatoms. The molecule has 2 heterocycles. The van der Waals surface area contributed by atoms with Crippen molar-refractivity contribution >= 4 is 5.97 Å². The first-order valence-electron chi connectivity index (χ1n) is 7.02. The van der Waals surface area contributed by atoms with Crippen LogP contribution in [0.25, 0.3) is 0 Å². The second kappa shape index (κ2) is 7.19. The van der Waals surface area contributed by atoms with Gasteiger partial charge in [0.15, 0.2) is 6.10 Å². The number of aliphatic carboxylic acids is 1. The van der Waals surface area contributed by atoms with Crippen molar-refractivity contribution in [2.45, 2.75) is 44.0 Å². The summed E-state index contributed by atoms with van der Waals surface area (Å²) in [6.45, 7) is 3.21. The molecule has 2 rings (SSSR count). The minimum Gasteiger partial charge on any atom is -0.479 e. The van der Waals surface area contributed by atoms with Crippen LogP contribution in [-0.4, -0.2) is 72.2 Å². The smallest absolute Gasteiger partial charge is 0.332 e. The second-order valence-corrected chi connectivity index (χ2v) is 5.26. The van der Waals surface area contributed by atoms with Gasteiger partial charge in [-0.1, -0.05) is 0 Å². The van der Waals surface area contributed by atoms with E-state index in [0.29, 0.717) is 13.0 Å². The Kier molecular flexibility index (Phi) is 5.57. The number of ether oxygens (including phenoxy) is 2. The Labute approximate surface area is 113 Å². The number of rotatable bonds is 6. The second-order valence-electron chi connectivity index (χ2n) is 5.26. The lowest BCUT2D eigenvalue weighted by Gasteiger charge is -2.33. The van der Waals surface area contributed by atoms with Gasteiger partial charge in [0.05, 0.1) is 25.4 Å². The van der Waals surface area contributed by atoms with E-state index in [0.717, 1.165) is 38.9 Å². The van der Waals surface area contributed by atoms with E-state index in [-0.39, 0.29) is 18.8 Å². The number of hydrogen-bond donors (Lipinski definition) is 2. The molecule has 6 nitrogen and oxygen atoms in total. The highest BCUT2D eigenvalue weighted by Gasteiger charge is 2.32. The van der Waals surface area contributed by atoms with Crippen LogP contribution in [0.5, 0.6) is 0 Å². The Morgan fingerprint density at radius 3 is 2.58 bits per heavy atom. The van der Waals surface area contributed by atoms with E-state index in [2.05, 4.69) is 4.90 Å². The molecule has 2 N–H and O–H groups in total. The van der Waals surface area contributed by atoms with Crippen molar-refractivity contribution in [3.63, 3.8) is 0 Å². The largest absolute Gasteiger partial charge is 0.479 e. The molecule has 0 aromatic heterocycles. The van der Waals surface area contributed by atoms with E-state index >= 15 is 0 Å². The number of aliphatic hydroxyl groups is 1. The van der Waals surface area contributed by atoms with Crippen LogP contribution >= 0.6 is 0 Å². The lowest BCUT2D eigenvalue weighted by molar-refractivity contribution is -0.149. The third-order valence-electron chi connectivity index (χ3n) is 3.82. The maximum Gasteiger partial charge on any atom is 0.332 e. The lowest BCUT2D eigenvalue weighted by Crippen LogP contribution is -2.41. The summed E-state index contributed by atoms with van der Waals surface area (Å²) in [5.74, 6) is -0.849. The first kappa shape index (κ1) is 14.7. The van der Waals surface area contributed by atoms with Crippen molar-refractivity contribution < 1.29 is 24.5 Å². The predicted octanol–water partition coefficient (Wildman–Crippen LogP) is 0.0919. The van der Waals surface area contributed by atoms with Crippen LogP contribution in [0.3, 0.4) is 0 Å². The maximum absolute atomic E-state index is 10.8. The summed E-state index contributed by atoms with van der Waals surface area (Å²) in [6, 6.07) is 0. The Morgan fingerprint density at radius 2 is 2.00 bits per heavy atom. The minimum atomic E-state index is -0.849. The van der Waals surface area contributed by atoms with Gasteiger partial charge in [0.25, 0.3) is 0 Å². The van der Waals surface area contributed by atoms with Gasteiger partial charge in [0.1, 0.15) is 0 Å². The zero-order chi connectivity index (χ0) is 13.7. The van der Waals surface area contributed by atoms with Gasteiger partial charge < -0.3 is 24.6 Å². The van der Waals surface area contributed by atoms with Gasteiger partial charge >= 0.3 is 5.97 Å². The standard InChI is InChI=1S/C13H23NO5/c15-7-8-18-10-3-5-14(6-4-10)9-11-1-2-12(19-11)13(16)17/h10-12,15H,1-9H2,(H,16,17). The number of carbonyl (C=O) groups is 1. The summed E-state index contributed by atoms with van der Waals surface area (Å²) in [4.78, 5) is 13.1. The molecule has 0 aliphatic carbocycles. The number of carboxylic acids is 1. The van der Waals surface area contributed by atoms with Crippen molar-refractivity contribution in [3.8, 4) is 0 Å². The molecule has 0 saturated carbocycles. The summed E-state index contributed by atoms with van der Waals surface area (Å²) >= 11 is 0. The Bertz CT molecular complexity index is 291. The van der Waals surface area contributed by atoms with Gasteiger partial charge in [-0.2, -0.15) is 0 Å². The van der Waals surface area contributed by atoms with E-state index in [1.165, 1.54) is 0 Å². The molecule has 110 valence electrons. The first-order valence-corrected chi connectivity index (χ1v) is 7.02. The predicted molar refractivity (Wildman–Crippen MR) is 68.0 cm³/mol. The highest BCUT2D eigenvalue weighted by molar-refractivity contribution is 5.72. The Balaban J connectivity index is 1.65. The third-order valence-corrected chi connectivity index (χ3v) is 3.82. The van der Waals surface area contributed by atoms with Gasteiger partial charge in [-0.3, -0.25) is 0 Å². The molecule has 2 atom stereocenters. The Morgan fingerprint density at radius 1 is 1.26 bits per heavy atom. The number of likely N-dealkylation sites (tertiary alicyclic amines) is 1. The van der Waals surface area contributed by atoms with E-state index < -0.39 is 12.1 Å². The number of hydrogen-bond acceptors (Lipinski definition) is 5. The van der Waals surface area contributed by atoms with Crippen LogP contribution in [0.15, 0.2) is 0 Å². The zero-order valence-electron chi connectivity index (χ0n) is 11.2. The fourth-order valence-electron chi connectivity index (χ4n) is 2.79. The average molecular weight is 273 g/mol. The van der Waals surface area contributed by atoms with Crippen LogP contribution in [0, 0.1) is 0 Å². The van der Waals surface area contributed by atoms with Crippen molar-refractivity contribution in [2.24, 2.45) is 0 Å². The zero-order valence-corrected chi connectivity index (χ0v) is 11.2. The van der Waals surface area contributed by atoms with Crippen molar-refractivity contribution in [2.75, 3.05) is 32.8 Å². The molecule has 19 heavy (non-hydrogen) atoms. The molecule has 0 bridgehead atoms.